The van der Waals surface area contributed by atoms with Crippen molar-refractivity contribution in [2.75, 3.05) is 23.3 Å². The van der Waals surface area contributed by atoms with E-state index in [1.807, 2.05) is 67.3 Å². The van der Waals surface area contributed by atoms with Crippen LogP contribution in [-0.4, -0.2) is 19.0 Å². The van der Waals surface area contributed by atoms with Gasteiger partial charge in [-0.3, -0.25) is 4.79 Å². The zero-order chi connectivity index (χ0) is 15.2. The van der Waals surface area contributed by atoms with Gasteiger partial charge in [-0.2, -0.15) is 0 Å². The molecule has 110 valence electrons. The van der Waals surface area contributed by atoms with E-state index in [1.165, 1.54) is 0 Å². The van der Waals surface area contributed by atoms with Crippen molar-refractivity contribution in [3.63, 3.8) is 0 Å². The molecule has 0 atom stereocenters. The topological polar surface area (TPSA) is 32.3 Å². The molecule has 0 saturated carbocycles. The number of hydrogen-bond acceptors (Lipinski definition) is 2. The van der Waals surface area contributed by atoms with Crippen molar-refractivity contribution in [2.45, 2.75) is 13.8 Å². The maximum absolute atomic E-state index is 12.2. The zero-order valence-electron chi connectivity index (χ0n) is 12.3. The van der Waals surface area contributed by atoms with Gasteiger partial charge in [0.1, 0.15) is 0 Å². The van der Waals surface area contributed by atoms with E-state index in [0.717, 1.165) is 28.0 Å². The molecule has 0 saturated heterocycles. The molecule has 2 rings (SSSR count). The lowest BCUT2D eigenvalue weighted by Gasteiger charge is -2.22. The van der Waals surface area contributed by atoms with Gasteiger partial charge >= 0.3 is 0 Å². The van der Waals surface area contributed by atoms with Gasteiger partial charge in [0.15, 0.2) is 0 Å². The van der Waals surface area contributed by atoms with Crippen molar-refractivity contribution < 1.29 is 4.79 Å². The largest absolute Gasteiger partial charge is 0.362 e. The molecule has 4 heteroatoms. The maximum Gasteiger partial charge on any atom is 0.243 e. The fourth-order valence-corrected chi connectivity index (χ4v) is 2.63. The predicted octanol–water partition coefficient (Wildman–Crippen LogP) is 4.22. The van der Waals surface area contributed by atoms with Crippen LogP contribution in [-0.2, 0) is 4.79 Å². The summed E-state index contributed by atoms with van der Waals surface area (Å²) in [7, 11) is 0. The van der Waals surface area contributed by atoms with Crippen LogP contribution >= 0.6 is 15.9 Å². The van der Waals surface area contributed by atoms with Gasteiger partial charge in [-0.1, -0.05) is 34.1 Å². The molecule has 0 radical (unpaired) electrons. The summed E-state index contributed by atoms with van der Waals surface area (Å²) < 4.78 is 1.01. The van der Waals surface area contributed by atoms with Crippen LogP contribution in [0.3, 0.4) is 0 Å². The SMILES string of the molecule is CCN(CC(=O)Nc1ccc(Br)cc1C)c1ccccc1. The number of rotatable bonds is 5. The Kier molecular flexibility index (Phi) is 5.39. The first kappa shape index (κ1) is 15.6. The van der Waals surface area contributed by atoms with Crippen molar-refractivity contribution in [3.05, 3.63) is 58.6 Å². The molecule has 0 aromatic heterocycles. The predicted molar refractivity (Wildman–Crippen MR) is 91.8 cm³/mol. The number of carbonyl (C=O) groups is 1. The molecule has 2 aromatic carbocycles. The Bertz CT molecular complexity index is 613. The number of anilines is 2. The quantitative estimate of drug-likeness (QED) is 0.878. The van der Waals surface area contributed by atoms with E-state index in [2.05, 4.69) is 21.2 Å². The second-order valence-corrected chi connectivity index (χ2v) is 5.77. The fourth-order valence-electron chi connectivity index (χ4n) is 2.15. The summed E-state index contributed by atoms with van der Waals surface area (Å²) in [5, 5.41) is 2.97. The number of likely N-dealkylation sites (N-methyl/N-ethyl adjacent to an activating group) is 1. The lowest BCUT2D eigenvalue weighted by molar-refractivity contribution is -0.115. The van der Waals surface area contributed by atoms with Crippen molar-refractivity contribution in [1.82, 2.24) is 0 Å². The Morgan fingerprint density at radius 3 is 2.52 bits per heavy atom. The summed E-state index contributed by atoms with van der Waals surface area (Å²) in [5.74, 6) is -0.00822. The minimum absolute atomic E-state index is 0.00822. The summed E-state index contributed by atoms with van der Waals surface area (Å²) in [4.78, 5) is 14.3. The van der Waals surface area contributed by atoms with Gasteiger partial charge in [0.25, 0.3) is 0 Å². The number of aryl methyl sites for hydroxylation is 1. The number of benzene rings is 2. The highest BCUT2D eigenvalue weighted by atomic mass is 79.9. The van der Waals surface area contributed by atoms with Crippen LogP contribution in [0.25, 0.3) is 0 Å². The number of nitrogens with one attached hydrogen (secondary N) is 1. The number of nitrogens with zero attached hydrogens (tertiary/aromatic N) is 1. The molecule has 0 aliphatic carbocycles. The van der Waals surface area contributed by atoms with Crippen molar-refractivity contribution >= 4 is 33.2 Å². The molecule has 1 amide bonds. The maximum atomic E-state index is 12.2. The van der Waals surface area contributed by atoms with Crippen molar-refractivity contribution in [1.29, 1.82) is 0 Å². The van der Waals surface area contributed by atoms with Gasteiger partial charge in [-0.15, -0.1) is 0 Å². The van der Waals surface area contributed by atoms with Crippen LogP contribution in [0.1, 0.15) is 12.5 Å². The molecule has 0 heterocycles. The van der Waals surface area contributed by atoms with Crippen LogP contribution in [0, 0.1) is 6.92 Å². The molecule has 0 aliphatic heterocycles. The molecular formula is C17H19BrN2O. The zero-order valence-corrected chi connectivity index (χ0v) is 13.9. The first-order valence-corrected chi connectivity index (χ1v) is 7.75. The number of amides is 1. The first-order valence-electron chi connectivity index (χ1n) is 6.96. The van der Waals surface area contributed by atoms with Crippen LogP contribution in [0.15, 0.2) is 53.0 Å². The Labute approximate surface area is 134 Å². The van der Waals surface area contributed by atoms with Gasteiger partial charge < -0.3 is 10.2 Å². The smallest absolute Gasteiger partial charge is 0.243 e. The highest BCUT2D eigenvalue weighted by Gasteiger charge is 2.11. The van der Waals surface area contributed by atoms with Gasteiger partial charge in [-0.05, 0) is 49.7 Å². The molecule has 0 aliphatic rings. The third-order valence-electron chi connectivity index (χ3n) is 3.30. The minimum Gasteiger partial charge on any atom is -0.362 e. The van der Waals surface area contributed by atoms with Gasteiger partial charge in [0, 0.05) is 22.4 Å². The Hall–Kier alpha value is -1.81. The fraction of sp³-hybridized carbons (Fsp3) is 0.235. The number of carbonyl (C=O) groups excluding carboxylic acids is 1. The second kappa shape index (κ2) is 7.27. The van der Waals surface area contributed by atoms with E-state index in [4.69, 9.17) is 0 Å². The average Bonchev–Trinajstić information content (AvgIpc) is 2.48. The van der Waals surface area contributed by atoms with E-state index in [0.29, 0.717) is 6.54 Å². The van der Waals surface area contributed by atoms with E-state index in [-0.39, 0.29) is 5.91 Å². The number of halogens is 1. The third-order valence-corrected chi connectivity index (χ3v) is 3.79. The van der Waals surface area contributed by atoms with Gasteiger partial charge in [0.05, 0.1) is 6.54 Å². The van der Waals surface area contributed by atoms with Crippen LogP contribution in [0.4, 0.5) is 11.4 Å². The highest BCUT2D eigenvalue weighted by Crippen LogP contribution is 2.20. The molecule has 3 nitrogen and oxygen atoms in total. The van der Waals surface area contributed by atoms with Crippen LogP contribution < -0.4 is 10.2 Å². The molecule has 1 N–H and O–H groups in total. The lowest BCUT2D eigenvalue weighted by Crippen LogP contribution is -2.33. The van der Waals surface area contributed by atoms with Crippen molar-refractivity contribution in [2.24, 2.45) is 0 Å². The summed E-state index contributed by atoms with van der Waals surface area (Å²) >= 11 is 3.42. The third kappa shape index (κ3) is 4.33. The van der Waals surface area contributed by atoms with E-state index in [9.17, 15) is 4.79 Å². The molecule has 0 bridgehead atoms. The first-order chi connectivity index (χ1) is 10.1. The van der Waals surface area contributed by atoms with Gasteiger partial charge in [-0.25, -0.2) is 0 Å². The van der Waals surface area contributed by atoms with E-state index in [1.54, 1.807) is 0 Å². The molecule has 0 fully saturated rings. The molecule has 21 heavy (non-hydrogen) atoms. The van der Waals surface area contributed by atoms with Crippen molar-refractivity contribution in [3.8, 4) is 0 Å². The Morgan fingerprint density at radius 2 is 1.90 bits per heavy atom. The summed E-state index contributed by atoms with van der Waals surface area (Å²) in [6, 6.07) is 15.8. The normalized spacial score (nSPS) is 10.2. The molecule has 0 spiro atoms. The van der Waals surface area contributed by atoms with Gasteiger partial charge in [0.2, 0.25) is 5.91 Å². The highest BCUT2D eigenvalue weighted by molar-refractivity contribution is 9.10. The molecule has 2 aromatic rings. The van der Waals surface area contributed by atoms with Crippen LogP contribution in [0.5, 0.6) is 0 Å². The van der Waals surface area contributed by atoms with E-state index < -0.39 is 0 Å². The monoisotopic (exact) mass is 346 g/mol. The summed E-state index contributed by atoms with van der Waals surface area (Å²) in [6.45, 7) is 5.16. The molecular weight excluding hydrogens is 328 g/mol. The number of hydrogen-bond donors (Lipinski definition) is 1. The number of para-hydroxylation sites is 1. The second-order valence-electron chi connectivity index (χ2n) is 4.86. The Morgan fingerprint density at radius 1 is 1.19 bits per heavy atom. The Balaban J connectivity index is 2.03. The lowest BCUT2D eigenvalue weighted by atomic mass is 10.2. The summed E-state index contributed by atoms with van der Waals surface area (Å²) in [5.41, 5.74) is 2.95. The van der Waals surface area contributed by atoms with Crippen LogP contribution in [0.2, 0.25) is 0 Å². The summed E-state index contributed by atoms with van der Waals surface area (Å²) in [6.07, 6.45) is 0. The average molecular weight is 347 g/mol. The molecule has 0 unspecified atom stereocenters. The minimum atomic E-state index is -0.00822. The standard InChI is InChI=1S/C17H19BrN2O/c1-3-20(15-7-5-4-6-8-15)12-17(21)19-16-10-9-14(18)11-13(16)2/h4-11H,3,12H2,1-2H3,(H,19,21). The van der Waals surface area contributed by atoms with E-state index >= 15 is 0 Å².